The van der Waals surface area contributed by atoms with Crippen LogP contribution in [0, 0.1) is 11.3 Å². The Balaban J connectivity index is 2.16. The number of nitrogens with zero attached hydrogens (tertiary/aromatic N) is 2. The molecule has 1 amide bonds. The zero-order valence-electron chi connectivity index (χ0n) is 9.81. The number of rotatable bonds is 2. The Morgan fingerprint density at radius 1 is 1.41 bits per heavy atom. The minimum Gasteiger partial charge on any atom is -0.317 e. The maximum Gasteiger partial charge on any atom is 0.246 e. The van der Waals surface area contributed by atoms with Crippen LogP contribution < -0.4 is 10.6 Å². The molecular weight excluding hydrogens is 214 g/mol. The number of benzene rings is 1. The van der Waals surface area contributed by atoms with Gasteiger partial charge in [0, 0.05) is 12.7 Å². The molecule has 88 valence electrons. The van der Waals surface area contributed by atoms with E-state index < -0.39 is 5.54 Å². The summed E-state index contributed by atoms with van der Waals surface area (Å²) in [6.07, 6.45) is 2.53. The molecule has 0 spiro atoms. The van der Waals surface area contributed by atoms with Crippen molar-refractivity contribution in [1.82, 2.24) is 0 Å². The van der Waals surface area contributed by atoms with Crippen LogP contribution in [0.15, 0.2) is 24.3 Å². The molecule has 1 aromatic carbocycles. The molecule has 0 unspecified atom stereocenters. The maximum absolute atomic E-state index is 12.1. The zero-order chi connectivity index (χ0) is 12.5. The fourth-order valence-electron chi connectivity index (χ4n) is 1.98. The van der Waals surface area contributed by atoms with E-state index in [1.807, 2.05) is 6.07 Å². The SMILES string of the molecule is CN(C(=O)C1(N)CCC1)c1ccc(C#N)cc1. The first-order valence-electron chi connectivity index (χ1n) is 5.64. The first-order chi connectivity index (χ1) is 8.07. The summed E-state index contributed by atoms with van der Waals surface area (Å²) in [5, 5.41) is 8.70. The van der Waals surface area contributed by atoms with Crippen LogP contribution in [0.1, 0.15) is 24.8 Å². The lowest BCUT2D eigenvalue weighted by Gasteiger charge is -2.39. The van der Waals surface area contributed by atoms with Gasteiger partial charge in [-0.3, -0.25) is 4.79 Å². The summed E-state index contributed by atoms with van der Waals surface area (Å²) in [5.41, 5.74) is 6.67. The first kappa shape index (κ1) is 11.6. The van der Waals surface area contributed by atoms with Crippen LogP contribution in [0.25, 0.3) is 0 Å². The molecule has 4 nitrogen and oxygen atoms in total. The molecule has 1 aliphatic rings. The van der Waals surface area contributed by atoms with Gasteiger partial charge in [0.1, 0.15) is 0 Å². The summed E-state index contributed by atoms with van der Waals surface area (Å²) >= 11 is 0. The van der Waals surface area contributed by atoms with Crippen molar-refractivity contribution >= 4 is 11.6 Å². The van der Waals surface area contributed by atoms with Gasteiger partial charge in [-0.25, -0.2) is 0 Å². The van der Waals surface area contributed by atoms with Crippen molar-refractivity contribution in [2.45, 2.75) is 24.8 Å². The highest BCUT2D eigenvalue weighted by atomic mass is 16.2. The lowest BCUT2D eigenvalue weighted by atomic mass is 9.76. The van der Waals surface area contributed by atoms with Crippen molar-refractivity contribution in [3.8, 4) is 6.07 Å². The van der Waals surface area contributed by atoms with Gasteiger partial charge in [-0.15, -0.1) is 0 Å². The Bertz CT molecular complexity index is 468. The fourth-order valence-corrected chi connectivity index (χ4v) is 1.98. The summed E-state index contributed by atoms with van der Waals surface area (Å²) in [6.45, 7) is 0. The van der Waals surface area contributed by atoms with E-state index in [0.717, 1.165) is 24.9 Å². The van der Waals surface area contributed by atoms with E-state index in [0.29, 0.717) is 5.56 Å². The second kappa shape index (κ2) is 4.19. The number of hydrogen-bond donors (Lipinski definition) is 1. The monoisotopic (exact) mass is 229 g/mol. The lowest BCUT2D eigenvalue weighted by Crippen LogP contribution is -2.59. The van der Waals surface area contributed by atoms with Crippen molar-refractivity contribution in [3.63, 3.8) is 0 Å². The van der Waals surface area contributed by atoms with Crippen molar-refractivity contribution in [2.75, 3.05) is 11.9 Å². The summed E-state index contributed by atoms with van der Waals surface area (Å²) in [4.78, 5) is 13.7. The minimum atomic E-state index is -0.678. The topological polar surface area (TPSA) is 70.1 Å². The van der Waals surface area contributed by atoms with E-state index in [4.69, 9.17) is 11.0 Å². The van der Waals surface area contributed by atoms with Gasteiger partial charge in [0.15, 0.2) is 0 Å². The number of anilines is 1. The predicted octanol–water partition coefficient (Wildman–Crippen LogP) is 1.40. The van der Waals surface area contributed by atoms with E-state index in [2.05, 4.69) is 0 Å². The molecule has 0 heterocycles. The molecule has 0 aliphatic heterocycles. The van der Waals surface area contributed by atoms with E-state index in [-0.39, 0.29) is 5.91 Å². The molecule has 17 heavy (non-hydrogen) atoms. The molecule has 0 saturated heterocycles. The Morgan fingerprint density at radius 3 is 2.41 bits per heavy atom. The summed E-state index contributed by atoms with van der Waals surface area (Å²) in [6, 6.07) is 8.97. The van der Waals surface area contributed by atoms with E-state index >= 15 is 0 Å². The van der Waals surface area contributed by atoms with E-state index in [9.17, 15) is 4.79 Å². The summed E-state index contributed by atoms with van der Waals surface area (Å²) < 4.78 is 0. The first-order valence-corrected chi connectivity index (χ1v) is 5.64. The van der Waals surface area contributed by atoms with Crippen LogP contribution in [-0.2, 0) is 4.79 Å². The highest BCUT2D eigenvalue weighted by molar-refractivity contribution is 6.00. The van der Waals surface area contributed by atoms with Gasteiger partial charge in [-0.1, -0.05) is 0 Å². The minimum absolute atomic E-state index is 0.0477. The molecule has 1 fully saturated rings. The molecule has 0 bridgehead atoms. The molecule has 0 radical (unpaired) electrons. The van der Waals surface area contributed by atoms with Crippen LogP contribution in [-0.4, -0.2) is 18.5 Å². The van der Waals surface area contributed by atoms with Gasteiger partial charge in [0.25, 0.3) is 0 Å². The number of likely N-dealkylation sites (N-methyl/N-ethyl adjacent to an activating group) is 1. The van der Waals surface area contributed by atoms with Gasteiger partial charge in [0.05, 0.1) is 17.2 Å². The molecule has 0 atom stereocenters. The Morgan fingerprint density at radius 2 is 2.00 bits per heavy atom. The molecule has 1 aliphatic carbocycles. The average molecular weight is 229 g/mol. The molecule has 0 aromatic heterocycles. The highest BCUT2D eigenvalue weighted by Gasteiger charge is 2.42. The lowest BCUT2D eigenvalue weighted by molar-refractivity contribution is -0.126. The van der Waals surface area contributed by atoms with E-state index in [1.165, 1.54) is 0 Å². The molecule has 2 rings (SSSR count). The normalized spacial score (nSPS) is 16.8. The summed E-state index contributed by atoms with van der Waals surface area (Å²) in [7, 11) is 1.72. The van der Waals surface area contributed by atoms with E-state index in [1.54, 1.807) is 36.2 Å². The third-order valence-corrected chi connectivity index (χ3v) is 3.36. The van der Waals surface area contributed by atoms with Crippen LogP contribution in [0.4, 0.5) is 5.69 Å². The molecule has 1 aromatic rings. The Hall–Kier alpha value is -1.86. The van der Waals surface area contributed by atoms with Gasteiger partial charge >= 0.3 is 0 Å². The fraction of sp³-hybridized carbons (Fsp3) is 0.385. The van der Waals surface area contributed by atoms with Crippen LogP contribution in [0.3, 0.4) is 0 Å². The number of nitriles is 1. The maximum atomic E-state index is 12.1. The van der Waals surface area contributed by atoms with Gasteiger partial charge in [0.2, 0.25) is 5.91 Å². The molecule has 4 heteroatoms. The third-order valence-electron chi connectivity index (χ3n) is 3.36. The number of amides is 1. The predicted molar refractivity (Wildman–Crippen MR) is 65.3 cm³/mol. The number of carbonyl (C=O) groups excluding carboxylic acids is 1. The standard InChI is InChI=1S/C13H15N3O/c1-16(12(17)13(15)7-2-8-13)11-5-3-10(9-14)4-6-11/h3-6H,2,7-8,15H2,1H3. The van der Waals surface area contributed by atoms with Gasteiger partial charge in [-0.05, 0) is 43.5 Å². The van der Waals surface area contributed by atoms with Gasteiger partial charge < -0.3 is 10.6 Å². The zero-order valence-corrected chi connectivity index (χ0v) is 9.81. The Labute approximate surface area is 101 Å². The largest absolute Gasteiger partial charge is 0.317 e. The Kier molecular flexibility index (Phi) is 2.86. The molecular formula is C13H15N3O. The number of hydrogen-bond acceptors (Lipinski definition) is 3. The molecule has 2 N–H and O–H groups in total. The van der Waals surface area contributed by atoms with Crippen molar-refractivity contribution in [1.29, 1.82) is 5.26 Å². The highest BCUT2D eigenvalue weighted by Crippen LogP contribution is 2.32. The quantitative estimate of drug-likeness (QED) is 0.833. The second-order valence-corrected chi connectivity index (χ2v) is 4.53. The average Bonchev–Trinajstić information content (AvgIpc) is 2.34. The van der Waals surface area contributed by atoms with Crippen molar-refractivity contribution < 1.29 is 4.79 Å². The smallest absolute Gasteiger partial charge is 0.246 e. The summed E-state index contributed by atoms with van der Waals surface area (Å²) in [5.74, 6) is -0.0477. The number of nitrogens with two attached hydrogens (primary N) is 1. The molecule has 1 saturated carbocycles. The van der Waals surface area contributed by atoms with Crippen LogP contribution in [0.2, 0.25) is 0 Å². The second-order valence-electron chi connectivity index (χ2n) is 4.53. The van der Waals surface area contributed by atoms with Crippen LogP contribution >= 0.6 is 0 Å². The van der Waals surface area contributed by atoms with Crippen molar-refractivity contribution in [2.24, 2.45) is 5.73 Å². The van der Waals surface area contributed by atoms with Crippen molar-refractivity contribution in [3.05, 3.63) is 29.8 Å². The number of carbonyl (C=O) groups is 1. The third kappa shape index (κ3) is 2.02. The van der Waals surface area contributed by atoms with Gasteiger partial charge in [-0.2, -0.15) is 5.26 Å². The van der Waals surface area contributed by atoms with Crippen LogP contribution in [0.5, 0.6) is 0 Å².